The summed E-state index contributed by atoms with van der Waals surface area (Å²) in [6, 6.07) is 1.95. The van der Waals surface area contributed by atoms with Gasteiger partial charge in [-0.25, -0.2) is 0 Å². The highest BCUT2D eigenvalue weighted by atomic mass is 32.2. The maximum Gasteiger partial charge on any atom is 0.158 e. The molecule has 4 nitrogen and oxygen atoms in total. The lowest BCUT2D eigenvalue weighted by atomic mass is 9.78. The number of nitrogens with one attached hydrogen (secondary N) is 1. The zero-order valence-electron chi connectivity index (χ0n) is 11.6. The van der Waals surface area contributed by atoms with Gasteiger partial charge >= 0.3 is 0 Å². The number of nitrogens with zero attached hydrogens (tertiary/aromatic N) is 2. The van der Waals surface area contributed by atoms with E-state index in [1.54, 1.807) is 0 Å². The van der Waals surface area contributed by atoms with Crippen LogP contribution in [0.5, 0.6) is 0 Å². The number of aryl methyl sites for hydroxylation is 1. The monoisotopic (exact) mass is 279 g/mol. The molecular weight excluding hydrogens is 258 g/mol. The van der Waals surface area contributed by atoms with Crippen LogP contribution in [-0.4, -0.2) is 21.6 Å². The van der Waals surface area contributed by atoms with E-state index in [1.807, 2.05) is 24.8 Å². The Bertz CT molecular complexity index is 485. The zero-order chi connectivity index (χ0) is 13.3. The summed E-state index contributed by atoms with van der Waals surface area (Å²) in [4.78, 5) is 4.62. The highest BCUT2D eigenvalue weighted by Crippen LogP contribution is 2.38. The van der Waals surface area contributed by atoms with E-state index in [0.717, 1.165) is 28.3 Å². The Morgan fingerprint density at radius 2 is 2.53 bits per heavy atom. The minimum absolute atomic E-state index is 0.304. The Kier molecular flexibility index (Phi) is 3.56. The molecule has 5 heteroatoms. The summed E-state index contributed by atoms with van der Waals surface area (Å²) in [6.07, 6.45) is 5.27. The molecule has 0 bridgehead atoms. The average molecular weight is 279 g/mol. The van der Waals surface area contributed by atoms with Gasteiger partial charge in [-0.05, 0) is 25.7 Å². The van der Waals surface area contributed by atoms with Crippen molar-refractivity contribution in [2.24, 2.45) is 10.9 Å². The van der Waals surface area contributed by atoms with Crippen LogP contribution in [0.15, 0.2) is 15.6 Å². The quantitative estimate of drug-likeness (QED) is 0.903. The van der Waals surface area contributed by atoms with E-state index in [9.17, 15) is 0 Å². The molecule has 104 valence electrons. The van der Waals surface area contributed by atoms with Crippen LogP contribution in [0.2, 0.25) is 0 Å². The van der Waals surface area contributed by atoms with Crippen LogP contribution in [0.4, 0.5) is 0 Å². The van der Waals surface area contributed by atoms with Crippen molar-refractivity contribution in [3.8, 4) is 0 Å². The number of rotatable bonds is 2. The van der Waals surface area contributed by atoms with E-state index in [4.69, 9.17) is 4.52 Å². The largest absolute Gasteiger partial charge is 0.359 e. The molecule has 0 radical (unpaired) electrons. The molecule has 2 atom stereocenters. The number of aromatic nitrogens is 1. The summed E-state index contributed by atoms with van der Waals surface area (Å²) in [5, 5.41) is 8.62. The van der Waals surface area contributed by atoms with Gasteiger partial charge in [0.25, 0.3) is 0 Å². The second kappa shape index (κ2) is 5.19. The number of thioether (sulfide) groups is 1. The van der Waals surface area contributed by atoms with Crippen LogP contribution in [0, 0.1) is 12.8 Å². The predicted molar refractivity (Wildman–Crippen MR) is 78.3 cm³/mol. The van der Waals surface area contributed by atoms with Crippen molar-refractivity contribution in [3.05, 3.63) is 17.5 Å². The molecule has 2 unspecified atom stereocenters. The summed E-state index contributed by atoms with van der Waals surface area (Å²) in [5.41, 5.74) is 1.22. The second-order valence-corrected chi connectivity index (χ2v) is 6.92. The third-order valence-corrected chi connectivity index (χ3v) is 5.21. The van der Waals surface area contributed by atoms with Crippen molar-refractivity contribution in [2.45, 2.75) is 51.6 Å². The molecule has 0 amide bonds. The van der Waals surface area contributed by atoms with Gasteiger partial charge in [-0.3, -0.25) is 4.99 Å². The molecule has 1 aliphatic heterocycles. The minimum Gasteiger partial charge on any atom is -0.359 e. The molecular formula is C14H21N3OS. The van der Waals surface area contributed by atoms with E-state index in [2.05, 4.69) is 22.4 Å². The van der Waals surface area contributed by atoms with Crippen molar-refractivity contribution >= 4 is 16.9 Å². The molecule has 1 aromatic rings. The topological polar surface area (TPSA) is 50.4 Å². The van der Waals surface area contributed by atoms with E-state index in [-0.39, 0.29) is 0 Å². The summed E-state index contributed by atoms with van der Waals surface area (Å²) in [5.74, 6) is 2.83. The predicted octanol–water partition coefficient (Wildman–Crippen LogP) is 3.12. The van der Waals surface area contributed by atoms with Crippen molar-refractivity contribution in [1.82, 2.24) is 10.5 Å². The SMILES string of the molecule is Cc1cc(CN=C2NC3(CCCC(C)C3)CS2)on1. The van der Waals surface area contributed by atoms with Gasteiger partial charge in [-0.2, -0.15) is 0 Å². The standard InChI is InChI=1S/C14H21N3OS/c1-10-4-3-5-14(7-10)9-19-13(16-14)15-8-12-6-11(2)17-18-12/h6,10H,3-5,7-9H2,1-2H3,(H,15,16). The zero-order valence-corrected chi connectivity index (χ0v) is 12.4. The Morgan fingerprint density at radius 1 is 1.63 bits per heavy atom. The van der Waals surface area contributed by atoms with Crippen LogP contribution in [0.25, 0.3) is 0 Å². The Morgan fingerprint density at radius 3 is 3.26 bits per heavy atom. The Balaban J connectivity index is 1.62. The van der Waals surface area contributed by atoms with Crippen molar-refractivity contribution in [2.75, 3.05) is 5.75 Å². The van der Waals surface area contributed by atoms with E-state index in [0.29, 0.717) is 12.1 Å². The lowest BCUT2D eigenvalue weighted by Crippen LogP contribution is -2.47. The number of hydrogen-bond acceptors (Lipinski definition) is 4. The van der Waals surface area contributed by atoms with Gasteiger partial charge in [-0.15, -0.1) is 0 Å². The number of amidine groups is 1. The van der Waals surface area contributed by atoms with Crippen LogP contribution in [0.3, 0.4) is 0 Å². The maximum atomic E-state index is 5.18. The molecule has 3 rings (SSSR count). The first-order valence-electron chi connectivity index (χ1n) is 7.03. The molecule has 2 heterocycles. The van der Waals surface area contributed by atoms with Crippen molar-refractivity contribution in [3.63, 3.8) is 0 Å². The fourth-order valence-corrected chi connectivity index (χ4v) is 4.33. The van der Waals surface area contributed by atoms with Gasteiger partial charge in [0.15, 0.2) is 10.9 Å². The van der Waals surface area contributed by atoms with Crippen LogP contribution < -0.4 is 5.32 Å². The fourth-order valence-electron chi connectivity index (χ4n) is 3.14. The summed E-state index contributed by atoms with van der Waals surface area (Å²) < 4.78 is 5.18. The first kappa shape index (κ1) is 13.0. The number of aliphatic imine (C=N–C) groups is 1. The summed E-state index contributed by atoms with van der Waals surface area (Å²) >= 11 is 1.85. The maximum absolute atomic E-state index is 5.18. The van der Waals surface area contributed by atoms with Crippen LogP contribution >= 0.6 is 11.8 Å². The van der Waals surface area contributed by atoms with E-state index >= 15 is 0 Å². The van der Waals surface area contributed by atoms with Crippen molar-refractivity contribution < 1.29 is 4.52 Å². The second-order valence-electron chi connectivity index (χ2n) is 5.95. The van der Waals surface area contributed by atoms with Gasteiger partial charge in [0.05, 0.1) is 5.69 Å². The third-order valence-electron chi connectivity index (χ3n) is 4.00. The van der Waals surface area contributed by atoms with Gasteiger partial charge in [0.1, 0.15) is 6.54 Å². The molecule has 19 heavy (non-hydrogen) atoms. The lowest BCUT2D eigenvalue weighted by molar-refractivity contribution is 0.242. The van der Waals surface area contributed by atoms with Crippen LogP contribution in [0.1, 0.15) is 44.1 Å². The van der Waals surface area contributed by atoms with Crippen LogP contribution in [-0.2, 0) is 6.54 Å². The van der Waals surface area contributed by atoms with Gasteiger partial charge in [0, 0.05) is 17.4 Å². The molecule has 0 aromatic carbocycles. The summed E-state index contributed by atoms with van der Waals surface area (Å²) in [6.45, 7) is 4.88. The van der Waals surface area contributed by atoms with E-state index < -0.39 is 0 Å². The van der Waals surface area contributed by atoms with Gasteiger partial charge < -0.3 is 9.84 Å². The molecule has 1 aliphatic carbocycles. The van der Waals surface area contributed by atoms with Gasteiger partial charge in [-0.1, -0.05) is 36.7 Å². The first-order valence-corrected chi connectivity index (χ1v) is 8.01. The molecule has 1 saturated carbocycles. The third kappa shape index (κ3) is 2.96. The minimum atomic E-state index is 0.304. The molecule has 1 spiro atoms. The van der Waals surface area contributed by atoms with Crippen molar-refractivity contribution in [1.29, 1.82) is 0 Å². The molecule has 2 aliphatic rings. The summed E-state index contributed by atoms with van der Waals surface area (Å²) in [7, 11) is 0. The molecule has 1 aromatic heterocycles. The Labute approximate surface area is 118 Å². The lowest BCUT2D eigenvalue weighted by Gasteiger charge is -2.36. The van der Waals surface area contributed by atoms with E-state index in [1.165, 1.54) is 25.7 Å². The molecule has 2 fully saturated rings. The average Bonchev–Trinajstić information content (AvgIpc) is 2.94. The first-order chi connectivity index (χ1) is 9.15. The number of hydrogen-bond donors (Lipinski definition) is 1. The molecule has 1 N–H and O–H groups in total. The smallest absolute Gasteiger partial charge is 0.158 e. The normalized spacial score (nSPS) is 32.9. The molecule has 1 saturated heterocycles. The Hall–Kier alpha value is -0.970. The fraction of sp³-hybridized carbons (Fsp3) is 0.714. The highest BCUT2D eigenvalue weighted by Gasteiger charge is 2.40. The highest BCUT2D eigenvalue weighted by molar-refractivity contribution is 8.14. The van der Waals surface area contributed by atoms with Gasteiger partial charge in [0.2, 0.25) is 0 Å².